The highest BCUT2D eigenvalue weighted by Crippen LogP contribution is 2.41. The van der Waals surface area contributed by atoms with Crippen LogP contribution in [-0.2, 0) is 0 Å². The largest absolute Gasteiger partial charge is 0.330 e. The summed E-state index contributed by atoms with van der Waals surface area (Å²) in [5.74, 6) is 1.59. The minimum absolute atomic E-state index is 0.586. The number of nitrogens with two attached hydrogens (primary N) is 1. The van der Waals surface area contributed by atoms with Gasteiger partial charge in [0.05, 0.1) is 0 Å². The van der Waals surface area contributed by atoms with Gasteiger partial charge < -0.3 is 5.73 Å². The smallest absolute Gasteiger partial charge is 0.0352 e. The van der Waals surface area contributed by atoms with Crippen LogP contribution in [0.1, 0.15) is 57.1 Å². The van der Waals surface area contributed by atoms with Gasteiger partial charge in [0, 0.05) is 24.5 Å². The number of rotatable bonds is 4. The zero-order chi connectivity index (χ0) is 14.7. The van der Waals surface area contributed by atoms with Crippen LogP contribution >= 0.6 is 0 Å². The van der Waals surface area contributed by atoms with E-state index in [0.717, 1.165) is 12.5 Å². The van der Waals surface area contributed by atoms with E-state index in [4.69, 9.17) is 5.73 Å². The quantitative estimate of drug-likeness (QED) is 0.923. The van der Waals surface area contributed by atoms with E-state index in [1.807, 2.05) is 12.4 Å². The van der Waals surface area contributed by atoms with Gasteiger partial charge >= 0.3 is 0 Å². The molecule has 1 aliphatic carbocycles. The summed E-state index contributed by atoms with van der Waals surface area (Å²) in [4.78, 5) is 6.94. The van der Waals surface area contributed by atoms with Crippen molar-refractivity contribution in [3.05, 3.63) is 30.1 Å². The molecule has 1 aliphatic heterocycles. The van der Waals surface area contributed by atoms with E-state index < -0.39 is 0 Å². The van der Waals surface area contributed by atoms with E-state index in [1.54, 1.807) is 0 Å². The Bertz CT molecular complexity index is 433. The maximum absolute atomic E-state index is 6.10. The Kier molecular flexibility index (Phi) is 4.91. The van der Waals surface area contributed by atoms with Crippen molar-refractivity contribution in [3.63, 3.8) is 0 Å². The third-order valence-corrected chi connectivity index (χ3v) is 5.76. The standard InChI is InChI=1S/C18H29N3/c1-2-14-5-6-16(13-19)18(12-14)21-11-3-4-17(21)15-7-9-20-10-8-15/h7-10,14,16-18H,2-6,11-13,19H2,1H3. The Hall–Kier alpha value is -0.930. The lowest BCUT2D eigenvalue weighted by atomic mass is 9.76. The summed E-state index contributed by atoms with van der Waals surface area (Å²) in [6.07, 6.45) is 11.8. The summed E-state index contributed by atoms with van der Waals surface area (Å²) in [5.41, 5.74) is 7.54. The van der Waals surface area contributed by atoms with Gasteiger partial charge in [-0.2, -0.15) is 0 Å². The lowest BCUT2D eigenvalue weighted by molar-refractivity contribution is 0.0702. The number of likely N-dealkylation sites (tertiary alicyclic amines) is 1. The minimum Gasteiger partial charge on any atom is -0.330 e. The fraction of sp³-hybridized carbons (Fsp3) is 0.722. The van der Waals surface area contributed by atoms with Crippen molar-refractivity contribution in [2.75, 3.05) is 13.1 Å². The van der Waals surface area contributed by atoms with E-state index >= 15 is 0 Å². The molecule has 3 heteroatoms. The molecule has 0 radical (unpaired) electrons. The molecule has 3 rings (SSSR count). The summed E-state index contributed by atoms with van der Waals surface area (Å²) in [7, 11) is 0. The second kappa shape index (κ2) is 6.89. The average molecular weight is 287 g/mol. The van der Waals surface area contributed by atoms with E-state index in [1.165, 1.54) is 50.6 Å². The van der Waals surface area contributed by atoms with Gasteiger partial charge in [0.15, 0.2) is 0 Å². The summed E-state index contributed by atoms with van der Waals surface area (Å²) >= 11 is 0. The molecule has 4 atom stereocenters. The zero-order valence-electron chi connectivity index (χ0n) is 13.2. The lowest BCUT2D eigenvalue weighted by Crippen LogP contribution is -2.46. The first-order chi connectivity index (χ1) is 10.3. The van der Waals surface area contributed by atoms with Gasteiger partial charge in [-0.3, -0.25) is 9.88 Å². The fourth-order valence-corrected chi connectivity index (χ4v) is 4.48. The van der Waals surface area contributed by atoms with Crippen LogP contribution in [0.15, 0.2) is 24.5 Å². The maximum Gasteiger partial charge on any atom is 0.0352 e. The number of aromatic nitrogens is 1. The Morgan fingerprint density at radius 1 is 1.24 bits per heavy atom. The Morgan fingerprint density at radius 2 is 2.05 bits per heavy atom. The Morgan fingerprint density at radius 3 is 2.76 bits per heavy atom. The zero-order valence-corrected chi connectivity index (χ0v) is 13.2. The summed E-state index contributed by atoms with van der Waals surface area (Å²) < 4.78 is 0. The van der Waals surface area contributed by atoms with Gasteiger partial charge in [-0.15, -0.1) is 0 Å². The topological polar surface area (TPSA) is 42.1 Å². The summed E-state index contributed by atoms with van der Waals surface area (Å²) in [5, 5.41) is 0. The molecule has 1 aromatic rings. The third kappa shape index (κ3) is 3.14. The predicted octanol–water partition coefficient (Wildman–Crippen LogP) is 3.37. The number of nitrogens with zero attached hydrogens (tertiary/aromatic N) is 2. The number of pyridine rings is 1. The first kappa shape index (κ1) is 15.0. The van der Waals surface area contributed by atoms with Gasteiger partial charge in [0.2, 0.25) is 0 Å². The van der Waals surface area contributed by atoms with Gasteiger partial charge in [-0.05, 0) is 68.3 Å². The molecule has 0 amide bonds. The van der Waals surface area contributed by atoms with Crippen molar-refractivity contribution in [1.29, 1.82) is 0 Å². The van der Waals surface area contributed by atoms with Crippen LogP contribution in [0.5, 0.6) is 0 Å². The van der Waals surface area contributed by atoms with Crippen molar-refractivity contribution in [3.8, 4) is 0 Å². The molecule has 3 nitrogen and oxygen atoms in total. The molecule has 21 heavy (non-hydrogen) atoms. The summed E-state index contributed by atoms with van der Waals surface area (Å²) in [6, 6.07) is 5.67. The maximum atomic E-state index is 6.10. The van der Waals surface area contributed by atoms with E-state index in [9.17, 15) is 0 Å². The number of hydrogen-bond acceptors (Lipinski definition) is 3. The lowest BCUT2D eigenvalue weighted by Gasteiger charge is -2.43. The van der Waals surface area contributed by atoms with Crippen LogP contribution in [0.4, 0.5) is 0 Å². The SMILES string of the molecule is CCC1CCC(CN)C(N2CCCC2c2ccncc2)C1. The van der Waals surface area contributed by atoms with Crippen LogP contribution in [0.25, 0.3) is 0 Å². The average Bonchev–Trinajstić information content (AvgIpc) is 3.04. The van der Waals surface area contributed by atoms with Gasteiger partial charge in [-0.25, -0.2) is 0 Å². The van der Waals surface area contributed by atoms with Crippen LogP contribution in [-0.4, -0.2) is 29.0 Å². The molecule has 0 bridgehead atoms. The monoisotopic (exact) mass is 287 g/mol. The predicted molar refractivity (Wildman–Crippen MR) is 86.9 cm³/mol. The second-order valence-electron chi connectivity index (χ2n) is 6.83. The fourth-order valence-electron chi connectivity index (χ4n) is 4.48. The second-order valence-corrected chi connectivity index (χ2v) is 6.83. The van der Waals surface area contributed by atoms with Crippen LogP contribution in [0.2, 0.25) is 0 Å². The van der Waals surface area contributed by atoms with E-state index in [-0.39, 0.29) is 0 Å². The Balaban J connectivity index is 1.79. The molecule has 1 saturated heterocycles. The summed E-state index contributed by atoms with van der Waals surface area (Å²) in [6.45, 7) is 4.43. The van der Waals surface area contributed by atoms with Crippen molar-refractivity contribution < 1.29 is 0 Å². The van der Waals surface area contributed by atoms with Crippen molar-refractivity contribution in [1.82, 2.24) is 9.88 Å². The first-order valence-electron chi connectivity index (χ1n) is 8.69. The molecule has 2 aliphatic rings. The molecule has 0 spiro atoms. The number of hydrogen-bond donors (Lipinski definition) is 1. The molecule has 116 valence electrons. The van der Waals surface area contributed by atoms with Gasteiger partial charge in [0.25, 0.3) is 0 Å². The van der Waals surface area contributed by atoms with Crippen LogP contribution < -0.4 is 5.73 Å². The molecule has 2 fully saturated rings. The molecule has 1 aromatic heterocycles. The van der Waals surface area contributed by atoms with Crippen LogP contribution in [0.3, 0.4) is 0 Å². The normalized spacial score (nSPS) is 34.2. The van der Waals surface area contributed by atoms with Gasteiger partial charge in [-0.1, -0.05) is 19.8 Å². The minimum atomic E-state index is 0.586. The molecule has 2 heterocycles. The van der Waals surface area contributed by atoms with E-state index in [0.29, 0.717) is 18.0 Å². The highest BCUT2D eigenvalue weighted by molar-refractivity contribution is 5.17. The molecular formula is C18H29N3. The van der Waals surface area contributed by atoms with Crippen LogP contribution in [0, 0.1) is 11.8 Å². The van der Waals surface area contributed by atoms with Crippen molar-refractivity contribution in [2.45, 2.75) is 57.5 Å². The third-order valence-electron chi connectivity index (χ3n) is 5.76. The first-order valence-corrected chi connectivity index (χ1v) is 8.69. The van der Waals surface area contributed by atoms with Crippen molar-refractivity contribution in [2.24, 2.45) is 17.6 Å². The molecule has 2 N–H and O–H groups in total. The van der Waals surface area contributed by atoms with Gasteiger partial charge in [0.1, 0.15) is 0 Å². The highest BCUT2D eigenvalue weighted by Gasteiger charge is 2.38. The highest BCUT2D eigenvalue weighted by atomic mass is 15.2. The molecule has 1 saturated carbocycles. The molecule has 4 unspecified atom stereocenters. The molecular weight excluding hydrogens is 258 g/mol. The van der Waals surface area contributed by atoms with E-state index in [2.05, 4.69) is 28.9 Å². The molecule has 0 aromatic carbocycles. The Labute approximate surface area is 128 Å². The van der Waals surface area contributed by atoms with Crippen molar-refractivity contribution >= 4 is 0 Å².